The number of esters is 1. The fraction of sp³-hybridized carbons (Fsp3) is 0.800. The van der Waals surface area contributed by atoms with Crippen molar-refractivity contribution in [1.82, 2.24) is 0 Å². The minimum Gasteiger partial charge on any atom is -0.438 e. The Morgan fingerprint density at radius 1 is 1.46 bits per heavy atom. The molecule has 0 aromatic carbocycles. The predicted molar refractivity (Wildman–Crippen MR) is 88.2 cm³/mol. The summed E-state index contributed by atoms with van der Waals surface area (Å²) in [5.41, 5.74) is -0.368. The zero-order valence-electron chi connectivity index (χ0n) is 14.8. The first-order chi connectivity index (χ1) is 11.4. The summed E-state index contributed by atoms with van der Waals surface area (Å²) in [7, 11) is 0. The van der Waals surface area contributed by atoms with Crippen molar-refractivity contribution in [1.29, 1.82) is 5.26 Å². The summed E-state index contributed by atoms with van der Waals surface area (Å²) in [5.74, 6) is 1.82. The Bertz CT molecular complexity index is 648. The van der Waals surface area contributed by atoms with Crippen LogP contribution in [0.3, 0.4) is 0 Å². The summed E-state index contributed by atoms with van der Waals surface area (Å²) in [5, 5.41) is 19.6. The van der Waals surface area contributed by atoms with Gasteiger partial charge in [0.15, 0.2) is 6.79 Å². The molecule has 7 unspecified atom stereocenters. The van der Waals surface area contributed by atoms with E-state index in [1.807, 2.05) is 0 Å². The molecule has 4 nitrogen and oxygen atoms in total. The van der Waals surface area contributed by atoms with Crippen molar-refractivity contribution in [3.05, 3.63) is 11.6 Å². The van der Waals surface area contributed by atoms with Crippen molar-refractivity contribution in [3.8, 4) is 6.07 Å². The van der Waals surface area contributed by atoms with E-state index in [0.717, 1.165) is 31.3 Å². The van der Waals surface area contributed by atoms with E-state index in [0.29, 0.717) is 17.8 Å². The van der Waals surface area contributed by atoms with Crippen LogP contribution < -0.4 is 0 Å². The summed E-state index contributed by atoms with van der Waals surface area (Å²) in [6, 6.07) is 2.67. The molecule has 0 spiro atoms. The van der Waals surface area contributed by atoms with Crippen LogP contribution in [0, 0.1) is 57.7 Å². The van der Waals surface area contributed by atoms with Crippen LogP contribution in [0.25, 0.3) is 0 Å². The number of allylic oxidation sites excluding steroid dienone is 1. The third-order valence-electron chi connectivity index (χ3n) is 7.86. The molecule has 4 aliphatic rings. The standard InChI is InChI=1S/C20H27NO3/c1-11(2)16-6-13-8-19(9-21)15-5-4-12(3)14(15)7-17(13)20(16,19)18(23)24-10-22/h6,11-15,17,22H,4-5,7-8,10H2,1-3H3. The lowest BCUT2D eigenvalue weighted by Crippen LogP contribution is -2.57. The Morgan fingerprint density at radius 2 is 2.21 bits per heavy atom. The van der Waals surface area contributed by atoms with Crippen molar-refractivity contribution in [2.24, 2.45) is 46.3 Å². The van der Waals surface area contributed by atoms with Crippen LogP contribution >= 0.6 is 0 Å². The third kappa shape index (κ3) is 1.56. The molecule has 0 heterocycles. The maximum Gasteiger partial charge on any atom is 0.320 e. The maximum atomic E-state index is 13.2. The van der Waals surface area contributed by atoms with E-state index in [1.54, 1.807) is 0 Å². The van der Waals surface area contributed by atoms with E-state index < -0.39 is 17.6 Å². The van der Waals surface area contributed by atoms with Crippen LogP contribution in [0.2, 0.25) is 0 Å². The number of fused-ring (bicyclic) bond motifs is 2. The summed E-state index contributed by atoms with van der Waals surface area (Å²) in [4.78, 5) is 13.2. The molecule has 7 atom stereocenters. The molecule has 130 valence electrons. The number of hydrogen-bond acceptors (Lipinski definition) is 4. The Balaban J connectivity index is 1.92. The van der Waals surface area contributed by atoms with E-state index in [1.165, 1.54) is 0 Å². The average Bonchev–Trinajstić information content (AvgIpc) is 3.14. The van der Waals surface area contributed by atoms with Crippen molar-refractivity contribution >= 4 is 5.97 Å². The van der Waals surface area contributed by atoms with E-state index in [9.17, 15) is 15.2 Å². The predicted octanol–water partition coefficient (Wildman–Crippen LogP) is 3.27. The number of hydrogen-bond donors (Lipinski definition) is 1. The second kappa shape index (κ2) is 5.08. The van der Waals surface area contributed by atoms with Gasteiger partial charge in [-0.2, -0.15) is 5.26 Å². The highest BCUT2D eigenvalue weighted by Crippen LogP contribution is 2.78. The number of ether oxygens (including phenoxy) is 1. The van der Waals surface area contributed by atoms with Crippen molar-refractivity contribution in [2.75, 3.05) is 6.79 Å². The highest BCUT2D eigenvalue weighted by Gasteiger charge is 2.79. The van der Waals surface area contributed by atoms with E-state index >= 15 is 0 Å². The normalized spacial score (nSPS) is 48.2. The zero-order valence-corrected chi connectivity index (χ0v) is 14.8. The van der Waals surface area contributed by atoms with Gasteiger partial charge in [0.25, 0.3) is 0 Å². The average molecular weight is 329 g/mol. The van der Waals surface area contributed by atoms with E-state index in [2.05, 4.69) is 32.9 Å². The number of carbonyl (C=O) groups is 1. The lowest BCUT2D eigenvalue weighted by atomic mass is 9.47. The van der Waals surface area contributed by atoms with Gasteiger partial charge in [-0.05, 0) is 54.8 Å². The van der Waals surface area contributed by atoms with Crippen LogP contribution in [0.15, 0.2) is 11.6 Å². The monoisotopic (exact) mass is 329 g/mol. The van der Waals surface area contributed by atoms with Crippen LogP contribution in [-0.2, 0) is 9.53 Å². The topological polar surface area (TPSA) is 70.3 Å². The highest BCUT2D eigenvalue weighted by atomic mass is 16.6. The molecule has 24 heavy (non-hydrogen) atoms. The smallest absolute Gasteiger partial charge is 0.320 e. The number of rotatable bonds is 3. The Kier molecular flexibility index (Phi) is 3.42. The van der Waals surface area contributed by atoms with Crippen LogP contribution in [0.5, 0.6) is 0 Å². The van der Waals surface area contributed by atoms with E-state index in [-0.39, 0.29) is 23.7 Å². The number of aliphatic hydroxyl groups excluding tert-OH is 1. The fourth-order valence-corrected chi connectivity index (χ4v) is 7.19. The molecule has 4 bridgehead atoms. The zero-order chi connectivity index (χ0) is 17.3. The Morgan fingerprint density at radius 3 is 2.83 bits per heavy atom. The number of carbonyl (C=O) groups excluding carboxylic acids is 1. The van der Waals surface area contributed by atoms with Crippen molar-refractivity contribution in [2.45, 2.75) is 46.5 Å². The van der Waals surface area contributed by atoms with Crippen LogP contribution in [0.1, 0.15) is 46.5 Å². The maximum absolute atomic E-state index is 13.2. The second-order valence-corrected chi connectivity index (χ2v) is 8.76. The molecule has 0 amide bonds. The molecule has 1 N–H and O–H groups in total. The van der Waals surface area contributed by atoms with Crippen molar-refractivity contribution < 1.29 is 14.6 Å². The van der Waals surface area contributed by atoms with Gasteiger partial charge < -0.3 is 9.84 Å². The molecule has 0 radical (unpaired) electrons. The molecule has 4 heteroatoms. The van der Waals surface area contributed by atoms with Gasteiger partial charge in [0, 0.05) is 0 Å². The van der Waals surface area contributed by atoms with Gasteiger partial charge in [-0.25, -0.2) is 0 Å². The summed E-state index contributed by atoms with van der Waals surface area (Å²) < 4.78 is 5.19. The Hall–Kier alpha value is -1.34. The highest BCUT2D eigenvalue weighted by molar-refractivity contribution is 5.86. The molecule has 4 rings (SSSR count). The third-order valence-corrected chi connectivity index (χ3v) is 7.86. The molecular formula is C20H27NO3. The van der Waals surface area contributed by atoms with Gasteiger partial charge in [-0.15, -0.1) is 0 Å². The molecule has 3 saturated carbocycles. The molecule has 0 aromatic rings. The largest absolute Gasteiger partial charge is 0.438 e. The van der Waals surface area contributed by atoms with Crippen LogP contribution in [-0.4, -0.2) is 17.9 Å². The Labute approximate surface area is 143 Å². The van der Waals surface area contributed by atoms with Gasteiger partial charge in [0.1, 0.15) is 5.41 Å². The molecule has 0 aliphatic heterocycles. The van der Waals surface area contributed by atoms with Gasteiger partial charge >= 0.3 is 5.97 Å². The first-order valence-corrected chi connectivity index (χ1v) is 9.35. The number of nitrogens with zero attached hydrogens (tertiary/aromatic N) is 1. The van der Waals surface area contributed by atoms with E-state index in [4.69, 9.17) is 4.74 Å². The number of aliphatic hydroxyl groups is 1. The lowest BCUT2D eigenvalue weighted by molar-refractivity contribution is -0.176. The summed E-state index contributed by atoms with van der Waals surface area (Å²) >= 11 is 0. The summed E-state index contributed by atoms with van der Waals surface area (Å²) in [6.07, 6.45) is 6.28. The van der Waals surface area contributed by atoms with Crippen molar-refractivity contribution in [3.63, 3.8) is 0 Å². The summed E-state index contributed by atoms with van der Waals surface area (Å²) in [6.45, 7) is 5.92. The fourth-order valence-electron chi connectivity index (χ4n) is 7.19. The van der Waals surface area contributed by atoms with Crippen LogP contribution in [0.4, 0.5) is 0 Å². The molecule has 3 fully saturated rings. The van der Waals surface area contributed by atoms with Gasteiger partial charge in [0.2, 0.25) is 0 Å². The van der Waals surface area contributed by atoms with Gasteiger partial charge in [-0.1, -0.05) is 38.8 Å². The molecule has 4 aliphatic carbocycles. The quantitative estimate of drug-likeness (QED) is 0.490. The van der Waals surface area contributed by atoms with Gasteiger partial charge in [-0.3, -0.25) is 4.79 Å². The minimum atomic E-state index is -0.825. The number of nitriles is 1. The second-order valence-electron chi connectivity index (χ2n) is 8.76. The lowest BCUT2D eigenvalue weighted by Gasteiger charge is -2.53. The first-order valence-electron chi connectivity index (χ1n) is 9.35. The molecular weight excluding hydrogens is 302 g/mol. The molecule has 0 saturated heterocycles. The molecule has 0 aromatic heterocycles. The SMILES string of the molecule is CC(C)C1=CC2CC3(C#N)C4CCC(C)C4CC2C13C(=O)OCO. The first kappa shape index (κ1) is 16.1. The van der Waals surface area contributed by atoms with Gasteiger partial charge in [0.05, 0.1) is 11.5 Å². The minimum absolute atomic E-state index is 0.176.